The van der Waals surface area contributed by atoms with Crippen LogP contribution >= 0.6 is 0 Å². The lowest BCUT2D eigenvalue weighted by atomic mass is 10.1. The summed E-state index contributed by atoms with van der Waals surface area (Å²) < 4.78 is 11.4. The Labute approximate surface area is 168 Å². The highest BCUT2D eigenvalue weighted by molar-refractivity contribution is 5.78. The third-order valence-electron chi connectivity index (χ3n) is 5.58. The SMILES string of the molecule is Cc1cc(=O)n(-c2ccc3c(c2)ncn3C2CCCCO2)cc1-c1cnn(C)c1. The van der Waals surface area contributed by atoms with Gasteiger partial charge in [-0.25, -0.2) is 4.98 Å². The van der Waals surface area contributed by atoms with Crippen LogP contribution in [0, 0.1) is 6.92 Å². The molecule has 7 heteroatoms. The molecule has 1 unspecified atom stereocenters. The van der Waals surface area contributed by atoms with Gasteiger partial charge >= 0.3 is 0 Å². The van der Waals surface area contributed by atoms with E-state index in [0.717, 1.165) is 59.3 Å². The first-order chi connectivity index (χ1) is 14.1. The van der Waals surface area contributed by atoms with Crippen LogP contribution < -0.4 is 5.56 Å². The van der Waals surface area contributed by atoms with Crippen molar-refractivity contribution in [2.45, 2.75) is 32.4 Å². The Morgan fingerprint density at radius 1 is 1.17 bits per heavy atom. The number of benzene rings is 1. The highest BCUT2D eigenvalue weighted by Gasteiger charge is 2.18. The molecule has 1 aliphatic heterocycles. The first kappa shape index (κ1) is 17.9. The molecule has 4 heterocycles. The molecule has 0 spiro atoms. The van der Waals surface area contributed by atoms with Crippen LogP contribution in [0.5, 0.6) is 0 Å². The Morgan fingerprint density at radius 3 is 2.83 bits per heavy atom. The van der Waals surface area contributed by atoms with Crippen LogP contribution in [0.2, 0.25) is 0 Å². The van der Waals surface area contributed by atoms with E-state index in [9.17, 15) is 4.79 Å². The topological polar surface area (TPSA) is 66.9 Å². The van der Waals surface area contributed by atoms with Crippen molar-refractivity contribution in [2.24, 2.45) is 7.05 Å². The summed E-state index contributed by atoms with van der Waals surface area (Å²) in [6.45, 7) is 2.74. The van der Waals surface area contributed by atoms with Crippen molar-refractivity contribution >= 4 is 11.0 Å². The number of fused-ring (bicyclic) bond motifs is 1. The molecule has 3 aromatic heterocycles. The molecule has 29 heavy (non-hydrogen) atoms. The lowest BCUT2D eigenvalue weighted by Gasteiger charge is -2.24. The summed E-state index contributed by atoms with van der Waals surface area (Å²) in [6.07, 6.45) is 10.8. The summed E-state index contributed by atoms with van der Waals surface area (Å²) >= 11 is 0. The second-order valence-electron chi connectivity index (χ2n) is 7.63. The third kappa shape index (κ3) is 3.17. The first-order valence-corrected chi connectivity index (χ1v) is 9.91. The second kappa shape index (κ2) is 7.00. The minimum atomic E-state index is -0.0652. The summed E-state index contributed by atoms with van der Waals surface area (Å²) in [5.74, 6) is 0. The van der Waals surface area contributed by atoms with E-state index < -0.39 is 0 Å². The van der Waals surface area contributed by atoms with Crippen molar-refractivity contribution in [3.8, 4) is 16.8 Å². The number of hydrogen-bond donors (Lipinski definition) is 0. The van der Waals surface area contributed by atoms with Crippen molar-refractivity contribution in [1.82, 2.24) is 23.9 Å². The number of imidazole rings is 1. The highest BCUT2D eigenvalue weighted by Crippen LogP contribution is 2.28. The Bertz CT molecular complexity index is 1240. The van der Waals surface area contributed by atoms with E-state index >= 15 is 0 Å². The first-order valence-electron chi connectivity index (χ1n) is 9.91. The number of aryl methyl sites for hydroxylation is 2. The maximum Gasteiger partial charge on any atom is 0.255 e. The van der Waals surface area contributed by atoms with E-state index in [1.807, 2.05) is 57.1 Å². The molecule has 1 aliphatic rings. The molecule has 0 saturated carbocycles. The van der Waals surface area contributed by atoms with Gasteiger partial charge in [-0.1, -0.05) is 0 Å². The van der Waals surface area contributed by atoms with Crippen LogP contribution in [-0.2, 0) is 11.8 Å². The smallest absolute Gasteiger partial charge is 0.255 e. The number of aromatic nitrogens is 5. The van der Waals surface area contributed by atoms with Crippen molar-refractivity contribution in [2.75, 3.05) is 6.61 Å². The average molecular weight is 389 g/mol. The van der Waals surface area contributed by atoms with Gasteiger partial charge in [-0.15, -0.1) is 0 Å². The molecular weight excluding hydrogens is 366 g/mol. The molecule has 1 fully saturated rings. The average Bonchev–Trinajstić information content (AvgIpc) is 3.34. The van der Waals surface area contributed by atoms with Crippen molar-refractivity contribution in [3.63, 3.8) is 0 Å². The van der Waals surface area contributed by atoms with E-state index in [1.165, 1.54) is 0 Å². The standard InChI is InChI=1S/C22H23N5O2/c1-15-9-21(28)26(13-18(15)16-11-24-25(2)12-16)17-6-7-20-19(10-17)23-14-27(20)22-5-3-4-8-29-22/h6-7,9-14,22H,3-5,8H2,1-2H3. The lowest BCUT2D eigenvalue weighted by molar-refractivity contribution is -0.0295. The molecule has 0 amide bonds. The predicted molar refractivity (Wildman–Crippen MR) is 111 cm³/mol. The molecule has 0 N–H and O–H groups in total. The fourth-order valence-corrected chi connectivity index (χ4v) is 4.03. The highest BCUT2D eigenvalue weighted by atomic mass is 16.5. The van der Waals surface area contributed by atoms with Crippen LogP contribution in [0.1, 0.15) is 31.1 Å². The molecule has 0 radical (unpaired) electrons. The van der Waals surface area contributed by atoms with Crippen molar-refractivity contribution < 1.29 is 4.74 Å². The molecule has 5 rings (SSSR count). The molecule has 1 saturated heterocycles. The zero-order valence-electron chi connectivity index (χ0n) is 16.6. The molecule has 1 aromatic carbocycles. The number of ether oxygens (including phenoxy) is 1. The van der Waals surface area contributed by atoms with Gasteiger partial charge < -0.3 is 9.30 Å². The Morgan fingerprint density at radius 2 is 2.07 bits per heavy atom. The summed E-state index contributed by atoms with van der Waals surface area (Å²) in [4.78, 5) is 17.3. The molecule has 7 nitrogen and oxygen atoms in total. The van der Waals surface area contributed by atoms with Gasteiger partial charge in [-0.3, -0.25) is 14.0 Å². The zero-order chi connectivity index (χ0) is 20.0. The van der Waals surface area contributed by atoms with Crippen LogP contribution in [-0.4, -0.2) is 30.5 Å². The molecule has 1 atom stereocenters. The largest absolute Gasteiger partial charge is 0.358 e. The van der Waals surface area contributed by atoms with Crippen LogP contribution in [0.15, 0.2) is 54.0 Å². The van der Waals surface area contributed by atoms with Gasteiger partial charge in [0.25, 0.3) is 5.56 Å². The quantitative estimate of drug-likeness (QED) is 0.537. The number of nitrogens with zero attached hydrogens (tertiary/aromatic N) is 5. The predicted octanol–water partition coefficient (Wildman–Crippen LogP) is 3.60. The molecule has 0 bridgehead atoms. The lowest BCUT2D eigenvalue weighted by Crippen LogP contribution is -2.18. The van der Waals surface area contributed by atoms with Gasteiger partial charge in [0.05, 0.1) is 29.2 Å². The third-order valence-corrected chi connectivity index (χ3v) is 5.58. The van der Waals surface area contributed by atoms with Gasteiger partial charge in [-0.2, -0.15) is 5.10 Å². The monoisotopic (exact) mass is 389 g/mol. The zero-order valence-corrected chi connectivity index (χ0v) is 16.6. The van der Waals surface area contributed by atoms with E-state index in [1.54, 1.807) is 15.3 Å². The van der Waals surface area contributed by atoms with Crippen molar-refractivity contribution in [1.29, 1.82) is 0 Å². The maximum absolute atomic E-state index is 12.7. The van der Waals surface area contributed by atoms with Gasteiger partial charge in [0.1, 0.15) is 6.23 Å². The number of rotatable bonds is 3. The summed E-state index contributed by atoms with van der Waals surface area (Å²) in [5.41, 5.74) is 5.50. The van der Waals surface area contributed by atoms with E-state index in [-0.39, 0.29) is 11.8 Å². The minimum Gasteiger partial charge on any atom is -0.358 e. The maximum atomic E-state index is 12.7. The Hall–Kier alpha value is -3.19. The number of hydrogen-bond acceptors (Lipinski definition) is 4. The van der Waals surface area contributed by atoms with Gasteiger partial charge in [-0.05, 0) is 49.9 Å². The van der Waals surface area contributed by atoms with Crippen molar-refractivity contribution in [3.05, 3.63) is 65.1 Å². The van der Waals surface area contributed by atoms with E-state index in [0.29, 0.717) is 0 Å². The Kier molecular flexibility index (Phi) is 4.32. The minimum absolute atomic E-state index is 0.0406. The molecule has 4 aromatic rings. The summed E-state index contributed by atoms with van der Waals surface area (Å²) in [6, 6.07) is 7.61. The molecule has 0 aliphatic carbocycles. The van der Waals surface area contributed by atoms with Gasteiger partial charge in [0.15, 0.2) is 0 Å². The van der Waals surface area contributed by atoms with Gasteiger partial charge in [0.2, 0.25) is 0 Å². The fourth-order valence-electron chi connectivity index (χ4n) is 4.03. The second-order valence-corrected chi connectivity index (χ2v) is 7.63. The van der Waals surface area contributed by atoms with E-state index in [4.69, 9.17) is 4.74 Å². The molecule has 148 valence electrons. The van der Waals surface area contributed by atoms with Gasteiger partial charge in [0, 0.05) is 43.2 Å². The normalized spacial score (nSPS) is 17.1. The summed E-state index contributed by atoms with van der Waals surface area (Å²) in [5, 5.41) is 4.25. The van der Waals surface area contributed by atoms with Crippen LogP contribution in [0.4, 0.5) is 0 Å². The Balaban J connectivity index is 1.58. The molecular formula is C22H23N5O2. The van der Waals surface area contributed by atoms with Crippen LogP contribution in [0.25, 0.3) is 27.8 Å². The number of pyridine rings is 1. The summed E-state index contributed by atoms with van der Waals surface area (Å²) in [7, 11) is 1.88. The van der Waals surface area contributed by atoms with E-state index in [2.05, 4.69) is 14.6 Å². The van der Waals surface area contributed by atoms with Crippen LogP contribution in [0.3, 0.4) is 0 Å². The fraction of sp³-hybridized carbons (Fsp3) is 0.318.